The number of pyridine rings is 1. The third kappa shape index (κ3) is 2.61. The monoisotopic (exact) mass is 240 g/mol. The number of rotatable bonds is 3. The van der Waals surface area contributed by atoms with Crippen LogP contribution in [0.1, 0.15) is 24.7 Å². The van der Waals surface area contributed by atoms with Gasteiger partial charge in [0, 0.05) is 30.4 Å². The molecule has 0 saturated heterocycles. The molecule has 0 spiro atoms. The average Bonchev–Trinajstić information content (AvgIpc) is 2.38. The van der Waals surface area contributed by atoms with Crippen molar-refractivity contribution in [2.45, 2.75) is 19.8 Å². The molecular formula is C13H12N4O. The highest BCUT2D eigenvalue weighted by atomic mass is 16.1. The molecule has 0 unspecified atom stereocenters. The van der Waals surface area contributed by atoms with Gasteiger partial charge in [-0.2, -0.15) is 5.26 Å². The zero-order valence-electron chi connectivity index (χ0n) is 9.97. The molecule has 0 bridgehead atoms. The average molecular weight is 240 g/mol. The van der Waals surface area contributed by atoms with Gasteiger partial charge in [-0.25, -0.2) is 4.98 Å². The highest BCUT2D eigenvalue weighted by Crippen LogP contribution is 2.15. The summed E-state index contributed by atoms with van der Waals surface area (Å²) in [6, 6.07) is 5.10. The van der Waals surface area contributed by atoms with Gasteiger partial charge in [-0.1, -0.05) is 6.92 Å². The minimum absolute atomic E-state index is 0.189. The predicted octanol–water partition coefficient (Wildman–Crippen LogP) is 1.66. The van der Waals surface area contributed by atoms with Gasteiger partial charge in [-0.3, -0.25) is 9.78 Å². The molecule has 0 atom stereocenters. The second-order valence-electron chi connectivity index (χ2n) is 3.90. The van der Waals surface area contributed by atoms with Crippen molar-refractivity contribution in [3.63, 3.8) is 0 Å². The Kier molecular flexibility index (Phi) is 3.49. The zero-order chi connectivity index (χ0) is 13.0. The van der Waals surface area contributed by atoms with E-state index in [0.29, 0.717) is 29.1 Å². The van der Waals surface area contributed by atoms with Gasteiger partial charge in [0.1, 0.15) is 11.9 Å². The van der Waals surface area contributed by atoms with Crippen LogP contribution in [0.4, 0.5) is 0 Å². The summed E-state index contributed by atoms with van der Waals surface area (Å²) in [4.78, 5) is 22.6. The summed E-state index contributed by atoms with van der Waals surface area (Å²) in [6.07, 6.45) is 4.69. The van der Waals surface area contributed by atoms with E-state index in [-0.39, 0.29) is 5.56 Å². The van der Waals surface area contributed by atoms with Gasteiger partial charge >= 0.3 is 0 Å². The largest absolute Gasteiger partial charge is 0.311 e. The van der Waals surface area contributed by atoms with Crippen molar-refractivity contribution in [1.82, 2.24) is 15.0 Å². The molecule has 5 heteroatoms. The number of hydrogen-bond donors (Lipinski definition) is 1. The number of hydrogen-bond acceptors (Lipinski definition) is 4. The molecule has 0 amide bonds. The Hall–Kier alpha value is -2.48. The third-order valence-corrected chi connectivity index (χ3v) is 2.44. The number of aryl methyl sites for hydroxylation is 1. The fraction of sp³-hybridized carbons (Fsp3) is 0.231. The molecule has 0 aliphatic rings. The normalized spacial score (nSPS) is 10.0. The van der Waals surface area contributed by atoms with Crippen LogP contribution in [-0.2, 0) is 6.42 Å². The molecule has 0 fully saturated rings. The summed E-state index contributed by atoms with van der Waals surface area (Å²) >= 11 is 0. The molecule has 18 heavy (non-hydrogen) atoms. The van der Waals surface area contributed by atoms with Crippen LogP contribution in [0.3, 0.4) is 0 Å². The van der Waals surface area contributed by atoms with E-state index in [4.69, 9.17) is 5.26 Å². The van der Waals surface area contributed by atoms with Gasteiger partial charge in [0.15, 0.2) is 0 Å². The van der Waals surface area contributed by atoms with E-state index in [9.17, 15) is 4.79 Å². The first-order valence-electron chi connectivity index (χ1n) is 5.68. The summed E-state index contributed by atoms with van der Waals surface area (Å²) in [5.41, 5.74) is 1.49. The van der Waals surface area contributed by atoms with Crippen molar-refractivity contribution in [1.29, 1.82) is 5.26 Å². The summed E-state index contributed by atoms with van der Waals surface area (Å²) in [5, 5.41) is 8.82. The molecule has 0 saturated carbocycles. The summed E-state index contributed by atoms with van der Waals surface area (Å²) in [7, 11) is 0. The zero-order valence-corrected chi connectivity index (χ0v) is 9.97. The highest BCUT2D eigenvalue weighted by molar-refractivity contribution is 5.59. The Labute approximate surface area is 104 Å². The van der Waals surface area contributed by atoms with Crippen molar-refractivity contribution in [3.05, 3.63) is 46.3 Å². The lowest BCUT2D eigenvalue weighted by atomic mass is 10.1. The van der Waals surface area contributed by atoms with Crippen molar-refractivity contribution in [3.8, 4) is 17.3 Å². The smallest absolute Gasteiger partial charge is 0.251 e. The Balaban J connectivity index is 2.50. The van der Waals surface area contributed by atoms with Gasteiger partial charge in [-0.05, 0) is 12.5 Å². The topological polar surface area (TPSA) is 82.4 Å². The van der Waals surface area contributed by atoms with E-state index in [0.717, 1.165) is 6.42 Å². The fourth-order valence-electron chi connectivity index (χ4n) is 1.65. The molecular weight excluding hydrogens is 228 g/mol. The maximum atomic E-state index is 11.5. The molecule has 90 valence electrons. The van der Waals surface area contributed by atoms with E-state index >= 15 is 0 Å². The van der Waals surface area contributed by atoms with E-state index in [1.54, 1.807) is 12.3 Å². The van der Waals surface area contributed by atoms with Crippen LogP contribution in [0.2, 0.25) is 0 Å². The summed E-state index contributed by atoms with van der Waals surface area (Å²) in [5.74, 6) is 0.655. The number of aromatic amines is 1. The standard InChI is InChI=1S/C13H12N4O/c1-2-3-12-16-11(5-13(18)17-12)10-4-9(6-14)7-15-8-10/h4-5,7-8H,2-3H2,1H3,(H,16,17,18). The van der Waals surface area contributed by atoms with Gasteiger partial charge in [0.25, 0.3) is 5.56 Å². The minimum Gasteiger partial charge on any atom is -0.311 e. The Morgan fingerprint density at radius 2 is 2.22 bits per heavy atom. The lowest BCUT2D eigenvalue weighted by molar-refractivity contribution is 0.827. The second kappa shape index (κ2) is 5.23. The molecule has 2 aromatic rings. The van der Waals surface area contributed by atoms with Gasteiger partial charge in [0.2, 0.25) is 0 Å². The van der Waals surface area contributed by atoms with Gasteiger partial charge in [-0.15, -0.1) is 0 Å². The van der Waals surface area contributed by atoms with E-state index in [1.807, 2.05) is 13.0 Å². The molecule has 1 N–H and O–H groups in total. The van der Waals surface area contributed by atoms with E-state index in [2.05, 4.69) is 15.0 Å². The molecule has 2 aromatic heterocycles. The molecule has 2 rings (SSSR count). The Morgan fingerprint density at radius 1 is 1.39 bits per heavy atom. The van der Waals surface area contributed by atoms with Crippen molar-refractivity contribution in [2.24, 2.45) is 0 Å². The quantitative estimate of drug-likeness (QED) is 0.884. The highest BCUT2D eigenvalue weighted by Gasteiger charge is 2.05. The number of aromatic nitrogens is 3. The van der Waals surface area contributed by atoms with Gasteiger partial charge < -0.3 is 4.98 Å². The second-order valence-corrected chi connectivity index (χ2v) is 3.90. The first-order valence-corrected chi connectivity index (χ1v) is 5.68. The van der Waals surface area contributed by atoms with Crippen LogP contribution in [-0.4, -0.2) is 15.0 Å². The van der Waals surface area contributed by atoms with Crippen molar-refractivity contribution in [2.75, 3.05) is 0 Å². The maximum Gasteiger partial charge on any atom is 0.251 e. The summed E-state index contributed by atoms with van der Waals surface area (Å²) < 4.78 is 0. The maximum absolute atomic E-state index is 11.5. The summed E-state index contributed by atoms with van der Waals surface area (Å²) in [6.45, 7) is 2.02. The number of H-pyrrole nitrogens is 1. The third-order valence-electron chi connectivity index (χ3n) is 2.44. The van der Waals surface area contributed by atoms with E-state index < -0.39 is 0 Å². The van der Waals surface area contributed by atoms with Crippen LogP contribution >= 0.6 is 0 Å². The van der Waals surface area contributed by atoms with Crippen LogP contribution in [0.25, 0.3) is 11.3 Å². The van der Waals surface area contributed by atoms with Crippen LogP contribution in [0.15, 0.2) is 29.3 Å². The molecule has 2 heterocycles. The lowest BCUT2D eigenvalue weighted by Gasteiger charge is -2.03. The van der Waals surface area contributed by atoms with Crippen molar-refractivity contribution >= 4 is 0 Å². The number of nitrogens with one attached hydrogen (secondary N) is 1. The van der Waals surface area contributed by atoms with E-state index in [1.165, 1.54) is 12.3 Å². The minimum atomic E-state index is -0.189. The predicted molar refractivity (Wildman–Crippen MR) is 66.8 cm³/mol. The first-order chi connectivity index (χ1) is 8.72. The van der Waals surface area contributed by atoms with Crippen molar-refractivity contribution < 1.29 is 0 Å². The van der Waals surface area contributed by atoms with Crippen LogP contribution in [0, 0.1) is 11.3 Å². The molecule has 0 aromatic carbocycles. The number of nitriles is 1. The fourth-order valence-corrected chi connectivity index (χ4v) is 1.65. The Morgan fingerprint density at radius 3 is 2.94 bits per heavy atom. The molecule has 5 nitrogen and oxygen atoms in total. The molecule has 0 aliphatic heterocycles. The first kappa shape index (κ1) is 12.0. The SMILES string of the molecule is CCCc1nc(-c2cncc(C#N)c2)cc(=O)[nH]1. The van der Waals surface area contributed by atoms with Crippen LogP contribution < -0.4 is 5.56 Å². The number of nitrogens with zero attached hydrogens (tertiary/aromatic N) is 3. The molecule has 0 aliphatic carbocycles. The van der Waals surface area contributed by atoms with Crippen LogP contribution in [0.5, 0.6) is 0 Å². The molecule has 0 radical (unpaired) electrons. The Bertz CT molecular complexity index is 655. The lowest BCUT2D eigenvalue weighted by Crippen LogP contribution is -2.11. The van der Waals surface area contributed by atoms with Gasteiger partial charge in [0.05, 0.1) is 11.3 Å².